The fourth-order valence-electron chi connectivity index (χ4n) is 2.55. The molecule has 1 heterocycles. The molecule has 3 atom stereocenters. The Hall–Kier alpha value is -1.00. The van der Waals surface area contributed by atoms with E-state index in [1.165, 1.54) is 25.1 Å². The first-order chi connectivity index (χ1) is 8.99. The van der Waals surface area contributed by atoms with E-state index in [1.54, 1.807) is 6.07 Å². The number of hydrogen-bond acceptors (Lipinski definition) is 3. The van der Waals surface area contributed by atoms with Crippen LogP contribution in [0.1, 0.15) is 38.4 Å². The molecule has 1 aliphatic carbocycles. The molecule has 1 saturated carbocycles. The molecule has 0 spiro atoms. The van der Waals surface area contributed by atoms with Crippen LogP contribution in [0, 0.1) is 17.7 Å². The van der Waals surface area contributed by atoms with Gasteiger partial charge in [-0.1, -0.05) is 6.92 Å². The maximum absolute atomic E-state index is 12.9. The molecule has 3 nitrogen and oxygen atoms in total. The summed E-state index contributed by atoms with van der Waals surface area (Å²) in [6.45, 7) is 5.36. The van der Waals surface area contributed by atoms with Crippen molar-refractivity contribution < 1.29 is 4.39 Å². The van der Waals surface area contributed by atoms with Crippen LogP contribution in [0.25, 0.3) is 0 Å². The highest BCUT2D eigenvalue weighted by Gasteiger charge is 2.31. The van der Waals surface area contributed by atoms with E-state index in [9.17, 15) is 4.39 Å². The van der Waals surface area contributed by atoms with Crippen LogP contribution < -0.4 is 5.73 Å². The number of hydrogen-bond donors (Lipinski definition) is 1. The first-order valence-corrected chi connectivity index (χ1v) is 7.06. The number of aromatic nitrogens is 1. The van der Waals surface area contributed by atoms with Gasteiger partial charge in [0.2, 0.25) is 0 Å². The topological polar surface area (TPSA) is 42.1 Å². The van der Waals surface area contributed by atoms with Crippen LogP contribution in [-0.2, 0) is 0 Å². The van der Waals surface area contributed by atoms with Gasteiger partial charge in [-0.2, -0.15) is 0 Å². The molecular weight excluding hydrogens is 241 g/mol. The summed E-state index contributed by atoms with van der Waals surface area (Å²) in [4.78, 5) is 6.46. The summed E-state index contributed by atoms with van der Waals surface area (Å²) in [6.07, 6.45) is 3.94. The standard InChI is InChI=1S/C15H24FN3/c1-10(9-19(3)11(2)12-4-5-12)15(17)14-7-6-13(16)8-18-14/h6-8,10-12,15H,4-5,9,17H2,1-3H3. The lowest BCUT2D eigenvalue weighted by molar-refractivity contribution is 0.193. The molecule has 0 amide bonds. The number of halogens is 1. The molecule has 1 aromatic heterocycles. The van der Waals surface area contributed by atoms with Gasteiger partial charge >= 0.3 is 0 Å². The van der Waals surface area contributed by atoms with E-state index in [0.717, 1.165) is 18.2 Å². The summed E-state index contributed by atoms with van der Waals surface area (Å²) in [7, 11) is 2.16. The summed E-state index contributed by atoms with van der Waals surface area (Å²) >= 11 is 0. The van der Waals surface area contributed by atoms with Gasteiger partial charge in [0.15, 0.2) is 0 Å². The largest absolute Gasteiger partial charge is 0.322 e. The summed E-state index contributed by atoms with van der Waals surface area (Å²) in [5.41, 5.74) is 6.98. The smallest absolute Gasteiger partial charge is 0.141 e. The molecule has 19 heavy (non-hydrogen) atoms. The predicted molar refractivity (Wildman–Crippen MR) is 75.1 cm³/mol. The third-order valence-corrected chi connectivity index (χ3v) is 4.28. The number of pyridine rings is 1. The van der Waals surface area contributed by atoms with Crippen LogP contribution in [0.4, 0.5) is 4.39 Å². The van der Waals surface area contributed by atoms with E-state index >= 15 is 0 Å². The zero-order chi connectivity index (χ0) is 14.0. The summed E-state index contributed by atoms with van der Waals surface area (Å²) in [6, 6.07) is 3.58. The van der Waals surface area contributed by atoms with Crippen LogP contribution in [0.3, 0.4) is 0 Å². The van der Waals surface area contributed by atoms with E-state index < -0.39 is 0 Å². The van der Waals surface area contributed by atoms with Crippen molar-refractivity contribution >= 4 is 0 Å². The summed E-state index contributed by atoms with van der Waals surface area (Å²) in [5.74, 6) is 0.838. The fourth-order valence-corrected chi connectivity index (χ4v) is 2.55. The van der Waals surface area contributed by atoms with Crippen LogP contribution >= 0.6 is 0 Å². The normalized spacial score (nSPS) is 20.3. The molecule has 0 aliphatic heterocycles. The molecule has 1 aliphatic rings. The molecule has 3 unspecified atom stereocenters. The minimum atomic E-state index is -0.317. The third-order valence-electron chi connectivity index (χ3n) is 4.28. The Labute approximate surface area is 115 Å². The van der Waals surface area contributed by atoms with Crippen LogP contribution in [0.15, 0.2) is 18.3 Å². The fraction of sp³-hybridized carbons (Fsp3) is 0.667. The Morgan fingerprint density at radius 1 is 1.42 bits per heavy atom. The lowest BCUT2D eigenvalue weighted by Gasteiger charge is -2.30. The molecule has 4 heteroatoms. The highest BCUT2D eigenvalue weighted by atomic mass is 19.1. The number of nitrogens with zero attached hydrogens (tertiary/aromatic N) is 2. The van der Waals surface area contributed by atoms with Crippen molar-refractivity contribution in [3.05, 3.63) is 29.8 Å². The molecule has 106 valence electrons. The zero-order valence-corrected chi connectivity index (χ0v) is 12.0. The zero-order valence-electron chi connectivity index (χ0n) is 12.0. The van der Waals surface area contributed by atoms with E-state index in [1.807, 2.05) is 0 Å². The van der Waals surface area contributed by atoms with Gasteiger partial charge in [0.25, 0.3) is 0 Å². The van der Waals surface area contributed by atoms with E-state index in [0.29, 0.717) is 12.0 Å². The quantitative estimate of drug-likeness (QED) is 0.859. The Balaban J connectivity index is 1.91. The van der Waals surface area contributed by atoms with E-state index in [4.69, 9.17) is 5.73 Å². The monoisotopic (exact) mass is 265 g/mol. The van der Waals surface area contributed by atoms with Crippen LogP contribution in [0.2, 0.25) is 0 Å². The second-order valence-electron chi connectivity index (χ2n) is 5.92. The average molecular weight is 265 g/mol. The maximum atomic E-state index is 12.9. The van der Waals surface area contributed by atoms with Crippen molar-refractivity contribution in [2.45, 2.75) is 38.8 Å². The van der Waals surface area contributed by atoms with Crippen molar-refractivity contribution in [2.75, 3.05) is 13.6 Å². The summed E-state index contributed by atoms with van der Waals surface area (Å²) in [5, 5.41) is 0. The van der Waals surface area contributed by atoms with Crippen LogP contribution in [0.5, 0.6) is 0 Å². The number of rotatable bonds is 6. The molecule has 2 N–H and O–H groups in total. The van der Waals surface area contributed by atoms with Gasteiger partial charge < -0.3 is 10.6 Å². The van der Waals surface area contributed by atoms with Crippen molar-refractivity contribution in [1.82, 2.24) is 9.88 Å². The maximum Gasteiger partial charge on any atom is 0.141 e. The minimum Gasteiger partial charge on any atom is -0.322 e. The van der Waals surface area contributed by atoms with Gasteiger partial charge in [0.1, 0.15) is 5.82 Å². The SMILES string of the molecule is CC(CN(C)C(C)C1CC1)C(N)c1ccc(F)cn1. The van der Waals surface area contributed by atoms with Gasteiger partial charge in [-0.05, 0) is 50.8 Å². The lowest BCUT2D eigenvalue weighted by atomic mass is 9.98. The molecule has 0 radical (unpaired) electrons. The molecule has 2 rings (SSSR count). The molecule has 1 aromatic rings. The van der Waals surface area contributed by atoms with Crippen LogP contribution in [-0.4, -0.2) is 29.5 Å². The highest BCUT2D eigenvalue weighted by Crippen LogP contribution is 2.35. The highest BCUT2D eigenvalue weighted by molar-refractivity contribution is 5.10. The Morgan fingerprint density at radius 2 is 2.11 bits per heavy atom. The van der Waals surface area contributed by atoms with Crippen molar-refractivity contribution in [1.29, 1.82) is 0 Å². The Bertz CT molecular complexity index is 402. The average Bonchev–Trinajstić information content (AvgIpc) is 3.22. The molecule has 0 saturated heterocycles. The molecule has 0 bridgehead atoms. The van der Waals surface area contributed by atoms with Gasteiger partial charge in [-0.15, -0.1) is 0 Å². The van der Waals surface area contributed by atoms with Gasteiger partial charge in [-0.3, -0.25) is 4.98 Å². The van der Waals surface area contributed by atoms with E-state index in [2.05, 4.69) is 30.8 Å². The van der Waals surface area contributed by atoms with Gasteiger partial charge in [0, 0.05) is 12.6 Å². The Kier molecular flexibility index (Phi) is 4.53. The third kappa shape index (κ3) is 3.74. The van der Waals surface area contributed by atoms with Gasteiger partial charge in [0.05, 0.1) is 17.9 Å². The second-order valence-corrected chi connectivity index (χ2v) is 5.92. The van der Waals surface area contributed by atoms with Crippen molar-refractivity contribution in [3.8, 4) is 0 Å². The van der Waals surface area contributed by atoms with Crippen molar-refractivity contribution in [2.24, 2.45) is 17.6 Å². The lowest BCUT2D eigenvalue weighted by Crippen LogP contribution is -2.37. The van der Waals surface area contributed by atoms with Gasteiger partial charge in [-0.25, -0.2) is 4.39 Å². The van der Waals surface area contributed by atoms with E-state index in [-0.39, 0.29) is 11.9 Å². The molecule has 0 aromatic carbocycles. The number of nitrogens with two attached hydrogens (primary N) is 1. The van der Waals surface area contributed by atoms with Crippen molar-refractivity contribution in [3.63, 3.8) is 0 Å². The Morgan fingerprint density at radius 3 is 2.63 bits per heavy atom. The first-order valence-electron chi connectivity index (χ1n) is 7.06. The first kappa shape index (κ1) is 14.4. The minimum absolute atomic E-state index is 0.144. The predicted octanol–water partition coefficient (Wildman–Crippen LogP) is 2.59. The molecule has 1 fully saturated rings. The molecular formula is C15H24FN3. The second kappa shape index (κ2) is 5.97. The summed E-state index contributed by atoms with van der Waals surface area (Å²) < 4.78 is 12.9.